The standard InChI is InChI=1S/C10H20N2O2/c1-3-6-12(7-5-11)8-10(13)9-14-4-2/h10,13H,3-4,6-9H2,1-2H3. The highest BCUT2D eigenvalue weighted by Crippen LogP contribution is 1.95. The number of aliphatic hydroxyl groups is 1. The fourth-order valence-corrected chi connectivity index (χ4v) is 1.26. The first-order valence-corrected chi connectivity index (χ1v) is 5.09. The first kappa shape index (κ1) is 13.4. The molecule has 1 N–H and O–H groups in total. The highest BCUT2D eigenvalue weighted by Gasteiger charge is 2.10. The van der Waals surface area contributed by atoms with E-state index in [0.717, 1.165) is 13.0 Å². The molecule has 0 aliphatic carbocycles. The summed E-state index contributed by atoms with van der Waals surface area (Å²) >= 11 is 0. The van der Waals surface area contributed by atoms with Gasteiger partial charge in [0.25, 0.3) is 0 Å². The molecule has 0 saturated heterocycles. The molecule has 0 amide bonds. The minimum atomic E-state index is -0.491. The van der Waals surface area contributed by atoms with Crippen LogP contribution in [0, 0.1) is 11.3 Å². The van der Waals surface area contributed by atoms with E-state index in [1.807, 2.05) is 11.8 Å². The van der Waals surface area contributed by atoms with Gasteiger partial charge in [0.15, 0.2) is 0 Å². The average Bonchev–Trinajstić information content (AvgIpc) is 2.15. The van der Waals surface area contributed by atoms with Gasteiger partial charge in [-0.3, -0.25) is 4.90 Å². The van der Waals surface area contributed by atoms with Crippen molar-refractivity contribution in [3.05, 3.63) is 0 Å². The van der Waals surface area contributed by atoms with E-state index in [1.54, 1.807) is 0 Å². The van der Waals surface area contributed by atoms with Gasteiger partial charge in [-0.05, 0) is 19.9 Å². The average molecular weight is 200 g/mol. The van der Waals surface area contributed by atoms with Crippen molar-refractivity contribution in [2.24, 2.45) is 0 Å². The molecule has 0 radical (unpaired) electrons. The van der Waals surface area contributed by atoms with Gasteiger partial charge < -0.3 is 9.84 Å². The van der Waals surface area contributed by atoms with E-state index >= 15 is 0 Å². The zero-order valence-electron chi connectivity index (χ0n) is 9.07. The fraction of sp³-hybridized carbons (Fsp3) is 0.900. The monoisotopic (exact) mass is 200 g/mol. The molecule has 14 heavy (non-hydrogen) atoms. The number of nitriles is 1. The van der Waals surface area contributed by atoms with Crippen molar-refractivity contribution >= 4 is 0 Å². The van der Waals surface area contributed by atoms with Gasteiger partial charge in [-0.15, -0.1) is 0 Å². The van der Waals surface area contributed by atoms with Crippen LogP contribution in [-0.4, -0.2) is 49.0 Å². The maximum Gasteiger partial charge on any atom is 0.0900 e. The Morgan fingerprint density at radius 3 is 2.71 bits per heavy atom. The summed E-state index contributed by atoms with van der Waals surface area (Å²) in [5.74, 6) is 0. The Morgan fingerprint density at radius 2 is 2.21 bits per heavy atom. The second-order valence-electron chi connectivity index (χ2n) is 3.21. The third-order valence-electron chi connectivity index (χ3n) is 1.82. The number of rotatable bonds is 8. The molecular formula is C10H20N2O2. The van der Waals surface area contributed by atoms with Gasteiger partial charge in [-0.25, -0.2) is 0 Å². The van der Waals surface area contributed by atoms with Crippen LogP contribution in [-0.2, 0) is 4.74 Å². The van der Waals surface area contributed by atoms with Gasteiger partial charge in [0.05, 0.1) is 25.3 Å². The number of aliphatic hydroxyl groups excluding tert-OH is 1. The lowest BCUT2D eigenvalue weighted by Gasteiger charge is -2.21. The molecule has 0 fully saturated rings. The number of ether oxygens (including phenoxy) is 1. The van der Waals surface area contributed by atoms with Crippen LogP contribution in [0.25, 0.3) is 0 Å². The Labute approximate surface area is 86.1 Å². The summed E-state index contributed by atoms with van der Waals surface area (Å²) < 4.78 is 5.09. The predicted molar refractivity (Wildman–Crippen MR) is 54.8 cm³/mol. The molecule has 0 saturated carbocycles. The summed E-state index contributed by atoms with van der Waals surface area (Å²) in [6.07, 6.45) is 0.498. The predicted octanol–water partition coefficient (Wildman–Crippen LogP) is 0.619. The third-order valence-corrected chi connectivity index (χ3v) is 1.82. The fourth-order valence-electron chi connectivity index (χ4n) is 1.26. The van der Waals surface area contributed by atoms with E-state index in [2.05, 4.69) is 13.0 Å². The van der Waals surface area contributed by atoms with Crippen LogP contribution in [0.5, 0.6) is 0 Å². The van der Waals surface area contributed by atoms with Crippen molar-refractivity contribution in [1.29, 1.82) is 5.26 Å². The van der Waals surface area contributed by atoms with Gasteiger partial charge >= 0.3 is 0 Å². The zero-order chi connectivity index (χ0) is 10.8. The van der Waals surface area contributed by atoms with Gasteiger partial charge in [-0.1, -0.05) is 6.92 Å². The van der Waals surface area contributed by atoms with Crippen LogP contribution < -0.4 is 0 Å². The molecule has 0 aromatic rings. The summed E-state index contributed by atoms with van der Waals surface area (Å²) in [7, 11) is 0. The Balaban J connectivity index is 3.71. The minimum absolute atomic E-state index is 0.349. The van der Waals surface area contributed by atoms with E-state index in [9.17, 15) is 5.11 Å². The lowest BCUT2D eigenvalue weighted by atomic mass is 10.3. The van der Waals surface area contributed by atoms with Crippen LogP contribution >= 0.6 is 0 Å². The lowest BCUT2D eigenvalue weighted by Crippen LogP contribution is -2.35. The molecule has 0 spiro atoms. The number of hydrogen-bond acceptors (Lipinski definition) is 4. The van der Waals surface area contributed by atoms with E-state index in [0.29, 0.717) is 26.3 Å². The largest absolute Gasteiger partial charge is 0.389 e. The molecule has 0 heterocycles. The molecule has 4 heteroatoms. The highest BCUT2D eigenvalue weighted by molar-refractivity contribution is 4.77. The van der Waals surface area contributed by atoms with Crippen molar-refractivity contribution in [2.45, 2.75) is 26.4 Å². The van der Waals surface area contributed by atoms with Gasteiger partial charge in [0.1, 0.15) is 0 Å². The Morgan fingerprint density at radius 1 is 1.50 bits per heavy atom. The van der Waals surface area contributed by atoms with Crippen molar-refractivity contribution in [3.8, 4) is 6.07 Å². The summed E-state index contributed by atoms with van der Waals surface area (Å²) in [4.78, 5) is 1.93. The molecule has 0 bridgehead atoms. The molecule has 4 nitrogen and oxygen atoms in total. The van der Waals surface area contributed by atoms with Crippen molar-refractivity contribution < 1.29 is 9.84 Å². The second-order valence-corrected chi connectivity index (χ2v) is 3.21. The maximum atomic E-state index is 9.53. The quantitative estimate of drug-likeness (QED) is 0.584. The summed E-state index contributed by atoms with van der Waals surface area (Å²) in [6.45, 7) is 6.64. The molecule has 1 atom stereocenters. The van der Waals surface area contributed by atoms with Gasteiger partial charge in [-0.2, -0.15) is 5.26 Å². The molecule has 0 aromatic heterocycles. The topological polar surface area (TPSA) is 56.5 Å². The first-order valence-electron chi connectivity index (χ1n) is 5.09. The lowest BCUT2D eigenvalue weighted by molar-refractivity contribution is 0.0234. The third kappa shape index (κ3) is 6.84. The van der Waals surface area contributed by atoms with E-state index in [-0.39, 0.29) is 0 Å². The Bertz CT molecular complexity index is 168. The Hall–Kier alpha value is -0.630. The molecule has 1 unspecified atom stereocenters. The van der Waals surface area contributed by atoms with Crippen molar-refractivity contribution in [3.63, 3.8) is 0 Å². The van der Waals surface area contributed by atoms with Gasteiger partial charge in [0, 0.05) is 13.2 Å². The van der Waals surface area contributed by atoms with Crippen LogP contribution in [0.1, 0.15) is 20.3 Å². The first-order chi connectivity index (χ1) is 6.74. The highest BCUT2D eigenvalue weighted by atomic mass is 16.5. The van der Waals surface area contributed by atoms with Crippen LogP contribution in [0.15, 0.2) is 0 Å². The molecule has 82 valence electrons. The number of hydrogen-bond donors (Lipinski definition) is 1. The van der Waals surface area contributed by atoms with Crippen LogP contribution in [0.3, 0.4) is 0 Å². The molecule has 0 aliphatic rings. The SMILES string of the molecule is CCCN(CC#N)CC(O)COCC. The van der Waals surface area contributed by atoms with Crippen molar-refractivity contribution in [2.75, 3.05) is 32.8 Å². The van der Waals surface area contributed by atoms with Gasteiger partial charge in [0.2, 0.25) is 0 Å². The Kier molecular flexibility index (Phi) is 8.54. The number of nitrogens with zero attached hydrogens (tertiary/aromatic N) is 2. The summed E-state index contributed by atoms with van der Waals surface area (Å²) in [5.41, 5.74) is 0. The second kappa shape index (κ2) is 8.95. The molecule has 0 aliphatic heterocycles. The van der Waals surface area contributed by atoms with E-state index in [4.69, 9.17) is 10.00 Å². The smallest absolute Gasteiger partial charge is 0.0900 e. The minimum Gasteiger partial charge on any atom is -0.389 e. The van der Waals surface area contributed by atoms with Crippen molar-refractivity contribution in [1.82, 2.24) is 4.90 Å². The zero-order valence-corrected chi connectivity index (χ0v) is 9.07. The molecule has 0 rings (SSSR count). The molecular weight excluding hydrogens is 180 g/mol. The summed E-state index contributed by atoms with van der Waals surface area (Å²) in [5, 5.41) is 18.1. The van der Waals surface area contributed by atoms with Crippen LogP contribution in [0.4, 0.5) is 0 Å². The maximum absolute atomic E-state index is 9.53. The normalized spacial score (nSPS) is 12.8. The van der Waals surface area contributed by atoms with Crippen LogP contribution in [0.2, 0.25) is 0 Å². The molecule has 0 aromatic carbocycles. The summed E-state index contributed by atoms with van der Waals surface area (Å²) in [6, 6.07) is 2.09. The van der Waals surface area contributed by atoms with E-state index < -0.39 is 6.10 Å². The van der Waals surface area contributed by atoms with E-state index in [1.165, 1.54) is 0 Å².